The largest absolute Gasteiger partial charge is 0.398 e. The number of halogens is 1. The first-order valence-corrected chi connectivity index (χ1v) is 6.99. The van der Waals surface area contributed by atoms with Crippen molar-refractivity contribution in [2.24, 2.45) is 0 Å². The second-order valence-corrected chi connectivity index (χ2v) is 5.79. The quantitative estimate of drug-likeness (QED) is 0.692. The molecule has 1 aromatic carbocycles. The minimum atomic E-state index is -4.00. The van der Waals surface area contributed by atoms with Crippen LogP contribution in [-0.2, 0) is 10.0 Å². The maximum Gasteiger partial charge on any atom is 0.243 e. The van der Waals surface area contributed by atoms with Crippen molar-refractivity contribution in [3.8, 4) is 0 Å². The van der Waals surface area contributed by atoms with Gasteiger partial charge in [-0.25, -0.2) is 17.5 Å². The molecule has 102 valence electrons. The Kier molecular flexibility index (Phi) is 4.66. The number of aliphatic hydroxyl groups excluding tert-OH is 1. The Hall–Kier alpha value is -1.18. The van der Waals surface area contributed by atoms with E-state index in [1.807, 2.05) is 0 Å². The van der Waals surface area contributed by atoms with Crippen LogP contribution in [0.4, 0.5) is 10.1 Å². The van der Waals surface area contributed by atoms with Gasteiger partial charge in [0.2, 0.25) is 10.0 Å². The zero-order chi connectivity index (χ0) is 13.9. The third-order valence-electron chi connectivity index (χ3n) is 2.59. The molecule has 1 rings (SSSR count). The lowest BCUT2D eigenvalue weighted by molar-refractivity contribution is 0.174. The Bertz CT molecular complexity index is 531. The van der Waals surface area contributed by atoms with Gasteiger partial charge in [0, 0.05) is 12.2 Å². The van der Waals surface area contributed by atoms with Crippen LogP contribution in [-0.4, -0.2) is 26.2 Å². The summed E-state index contributed by atoms with van der Waals surface area (Å²) in [5, 5.41) is 9.29. The molecule has 0 heterocycles. The molecule has 0 bridgehead atoms. The van der Waals surface area contributed by atoms with Crippen molar-refractivity contribution in [3.05, 3.63) is 23.5 Å². The molecule has 0 aromatic heterocycles. The third-order valence-corrected chi connectivity index (χ3v) is 4.03. The van der Waals surface area contributed by atoms with Gasteiger partial charge in [-0.15, -0.1) is 0 Å². The van der Waals surface area contributed by atoms with E-state index in [0.29, 0.717) is 12.0 Å². The molecule has 0 saturated heterocycles. The van der Waals surface area contributed by atoms with Crippen LogP contribution in [0.15, 0.2) is 17.0 Å². The highest BCUT2D eigenvalue weighted by Crippen LogP contribution is 2.21. The van der Waals surface area contributed by atoms with Crippen LogP contribution in [0.1, 0.15) is 18.9 Å². The van der Waals surface area contributed by atoms with Gasteiger partial charge >= 0.3 is 0 Å². The van der Waals surface area contributed by atoms with Crippen LogP contribution in [0.3, 0.4) is 0 Å². The molecule has 7 heteroatoms. The molecule has 0 amide bonds. The Morgan fingerprint density at radius 2 is 2.11 bits per heavy atom. The number of benzene rings is 1. The Balaban J connectivity index is 3.02. The lowest BCUT2D eigenvalue weighted by Crippen LogP contribution is -2.32. The number of aryl methyl sites for hydroxylation is 1. The number of sulfonamides is 1. The predicted octanol–water partition coefficient (Wildman–Crippen LogP) is 0.766. The Morgan fingerprint density at radius 1 is 1.50 bits per heavy atom. The molecular weight excluding hydrogens is 259 g/mol. The van der Waals surface area contributed by atoms with Crippen molar-refractivity contribution in [1.82, 2.24) is 4.72 Å². The minimum absolute atomic E-state index is 0.161. The monoisotopic (exact) mass is 276 g/mol. The van der Waals surface area contributed by atoms with E-state index < -0.39 is 26.8 Å². The van der Waals surface area contributed by atoms with Crippen LogP contribution in [0.25, 0.3) is 0 Å². The lowest BCUT2D eigenvalue weighted by Gasteiger charge is -2.12. The van der Waals surface area contributed by atoms with Gasteiger partial charge in [-0.1, -0.05) is 6.92 Å². The summed E-state index contributed by atoms with van der Waals surface area (Å²) in [5.74, 6) is -0.861. The van der Waals surface area contributed by atoms with Crippen LogP contribution in [0.5, 0.6) is 0 Å². The molecule has 0 spiro atoms. The number of hydrogen-bond acceptors (Lipinski definition) is 4. The second kappa shape index (κ2) is 5.64. The van der Waals surface area contributed by atoms with Gasteiger partial charge in [-0.2, -0.15) is 0 Å². The number of aliphatic hydroxyl groups is 1. The zero-order valence-corrected chi connectivity index (χ0v) is 11.1. The number of nitrogens with one attached hydrogen (secondary N) is 1. The second-order valence-electron chi connectivity index (χ2n) is 4.05. The highest BCUT2D eigenvalue weighted by atomic mass is 32.2. The Morgan fingerprint density at radius 3 is 2.67 bits per heavy atom. The van der Waals surface area contributed by atoms with E-state index in [4.69, 9.17) is 5.73 Å². The summed E-state index contributed by atoms with van der Waals surface area (Å²) in [6, 6.07) is 2.14. The fraction of sp³-hybridized carbons (Fsp3) is 0.455. The third kappa shape index (κ3) is 3.41. The van der Waals surface area contributed by atoms with Gasteiger partial charge in [0.1, 0.15) is 10.7 Å². The standard InChI is InChI=1S/C11H17FN2O3S/c1-3-8(15)6-14-18(16,17)11-5-10(13)7(2)4-9(11)12/h4-5,8,14-15H,3,6,13H2,1-2H3. The van der Waals surface area contributed by atoms with Gasteiger partial charge in [0.15, 0.2) is 0 Å². The summed E-state index contributed by atoms with van der Waals surface area (Å²) in [6.45, 7) is 3.14. The molecule has 1 unspecified atom stereocenters. The normalized spacial score (nSPS) is 13.6. The summed E-state index contributed by atoms with van der Waals surface area (Å²) in [5.41, 5.74) is 6.23. The summed E-state index contributed by atoms with van der Waals surface area (Å²) in [6.07, 6.45) is -0.397. The zero-order valence-electron chi connectivity index (χ0n) is 10.3. The summed E-state index contributed by atoms with van der Waals surface area (Å²) < 4.78 is 39.4. The van der Waals surface area contributed by atoms with Crippen molar-refractivity contribution < 1.29 is 17.9 Å². The van der Waals surface area contributed by atoms with Gasteiger partial charge in [-0.05, 0) is 31.0 Å². The molecular formula is C11H17FN2O3S. The molecule has 5 nitrogen and oxygen atoms in total. The molecule has 1 aromatic rings. The Labute approximate surface area is 106 Å². The fourth-order valence-corrected chi connectivity index (χ4v) is 2.47. The average Bonchev–Trinajstić information content (AvgIpc) is 2.30. The van der Waals surface area contributed by atoms with E-state index in [0.717, 1.165) is 12.1 Å². The number of nitrogen functional groups attached to an aromatic ring is 1. The average molecular weight is 276 g/mol. The molecule has 18 heavy (non-hydrogen) atoms. The molecule has 0 aliphatic heterocycles. The van der Waals surface area contributed by atoms with Crippen molar-refractivity contribution >= 4 is 15.7 Å². The molecule has 4 N–H and O–H groups in total. The topological polar surface area (TPSA) is 92.4 Å². The van der Waals surface area contributed by atoms with Crippen molar-refractivity contribution in [1.29, 1.82) is 0 Å². The van der Waals surface area contributed by atoms with Crippen LogP contribution >= 0.6 is 0 Å². The molecule has 0 aliphatic rings. The van der Waals surface area contributed by atoms with E-state index in [9.17, 15) is 17.9 Å². The van der Waals surface area contributed by atoms with Gasteiger partial charge in [-0.3, -0.25) is 0 Å². The van der Waals surface area contributed by atoms with Crippen molar-refractivity contribution in [2.45, 2.75) is 31.3 Å². The van der Waals surface area contributed by atoms with E-state index in [1.165, 1.54) is 0 Å². The summed E-state index contributed by atoms with van der Waals surface area (Å²) >= 11 is 0. The highest BCUT2D eigenvalue weighted by Gasteiger charge is 2.20. The number of hydrogen-bond donors (Lipinski definition) is 3. The maximum atomic E-state index is 13.6. The smallest absolute Gasteiger partial charge is 0.243 e. The molecule has 0 saturated carbocycles. The minimum Gasteiger partial charge on any atom is -0.398 e. The van der Waals surface area contributed by atoms with Crippen LogP contribution in [0, 0.1) is 12.7 Å². The number of nitrogens with two attached hydrogens (primary N) is 1. The van der Waals surface area contributed by atoms with Gasteiger partial charge in [0.05, 0.1) is 6.10 Å². The number of anilines is 1. The van der Waals surface area contributed by atoms with Crippen molar-refractivity contribution in [2.75, 3.05) is 12.3 Å². The first kappa shape index (κ1) is 14.9. The fourth-order valence-electron chi connectivity index (χ4n) is 1.30. The first-order valence-electron chi connectivity index (χ1n) is 5.51. The summed E-state index contributed by atoms with van der Waals surface area (Å²) in [4.78, 5) is -0.506. The van der Waals surface area contributed by atoms with Crippen molar-refractivity contribution in [3.63, 3.8) is 0 Å². The molecule has 0 aliphatic carbocycles. The van der Waals surface area contributed by atoms with E-state index in [1.54, 1.807) is 13.8 Å². The van der Waals surface area contributed by atoms with E-state index in [-0.39, 0.29) is 12.2 Å². The van der Waals surface area contributed by atoms with Gasteiger partial charge in [0.25, 0.3) is 0 Å². The van der Waals surface area contributed by atoms with Gasteiger partial charge < -0.3 is 10.8 Å². The van der Waals surface area contributed by atoms with Crippen LogP contribution in [0.2, 0.25) is 0 Å². The summed E-state index contributed by atoms with van der Waals surface area (Å²) in [7, 11) is -4.00. The molecule has 0 radical (unpaired) electrons. The van der Waals surface area contributed by atoms with E-state index >= 15 is 0 Å². The molecule has 0 fully saturated rings. The van der Waals surface area contributed by atoms with Crippen LogP contribution < -0.4 is 10.5 Å². The molecule has 1 atom stereocenters. The number of rotatable bonds is 5. The SMILES string of the molecule is CCC(O)CNS(=O)(=O)c1cc(N)c(C)cc1F. The first-order chi connectivity index (χ1) is 8.27. The highest BCUT2D eigenvalue weighted by molar-refractivity contribution is 7.89. The van der Waals surface area contributed by atoms with E-state index in [2.05, 4.69) is 4.72 Å². The lowest BCUT2D eigenvalue weighted by atomic mass is 10.2. The predicted molar refractivity (Wildman–Crippen MR) is 67.0 cm³/mol. The maximum absolute atomic E-state index is 13.6.